The average molecular weight is 220 g/mol. The maximum absolute atomic E-state index is 10.6. The van der Waals surface area contributed by atoms with Gasteiger partial charge in [-0.25, -0.2) is 0 Å². The topological polar surface area (TPSA) is 29.5 Å². The minimum absolute atomic E-state index is 0.161. The van der Waals surface area contributed by atoms with E-state index in [2.05, 4.69) is 32.8 Å². The Hall–Kier alpha value is -0.940. The van der Waals surface area contributed by atoms with Crippen molar-refractivity contribution in [3.05, 3.63) is 11.6 Å². The molecule has 3 aliphatic carbocycles. The first-order valence-corrected chi connectivity index (χ1v) is 5.97. The van der Waals surface area contributed by atoms with Crippen molar-refractivity contribution in [1.29, 1.82) is 0 Å². The number of ether oxygens (including phenoxy) is 1. The van der Waals surface area contributed by atoms with Crippen molar-refractivity contribution in [3.63, 3.8) is 0 Å². The van der Waals surface area contributed by atoms with Crippen LogP contribution in [0.4, 0.5) is 0 Å². The molecule has 3 rings (SSSR count). The summed E-state index contributed by atoms with van der Waals surface area (Å²) in [6.45, 7) is 8.98. The van der Waals surface area contributed by atoms with Crippen LogP contribution in [0.1, 0.15) is 34.1 Å². The van der Waals surface area contributed by atoms with Crippen LogP contribution in [0.3, 0.4) is 0 Å². The highest BCUT2D eigenvalue weighted by atomic mass is 16.5. The van der Waals surface area contributed by atoms with Crippen molar-refractivity contribution >= 4 is 0 Å². The number of rotatable bonds is 1. The summed E-state index contributed by atoms with van der Waals surface area (Å²) >= 11 is 0. The quantitative estimate of drug-likeness (QED) is 0.543. The number of allylic oxidation sites excluding steroid dienone is 1. The van der Waals surface area contributed by atoms with Gasteiger partial charge in [0.15, 0.2) is 5.60 Å². The van der Waals surface area contributed by atoms with Crippen LogP contribution in [-0.2, 0) is 4.74 Å². The van der Waals surface area contributed by atoms with E-state index in [4.69, 9.17) is 4.74 Å². The second-order valence-electron chi connectivity index (χ2n) is 5.54. The third-order valence-corrected chi connectivity index (χ3v) is 4.26. The monoisotopic (exact) mass is 220 g/mol. The van der Waals surface area contributed by atoms with Crippen LogP contribution >= 0.6 is 0 Å². The van der Waals surface area contributed by atoms with E-state index in [0.717, 1.165) is 6.42 Å². The molecule has 2 nitrogen and oxygen atoms in total. The summed E-state index contributed by atoms with van der Waals surface area (Å²) in [5, 5.41) is 10.6. The summed E-state index contributed by atoms with van der Waals surface area (Å²) in [5.74, 6) is 3.73. The minimum atomic E-state index is -0.989. The van der Waals surface area contributed by atoms with Gasteiger partial charge in [0, 0.05) is 5.92 Å². The van der Waals surface area contributed by atoms with Gasteiger partial charge in [-0.3, -0.25) is 0 Å². The van der Waals surface area contributed by atoms with Gasteiger partial charge >= 0.3 is 0 Å². The summed E-state index contributed by atoms with van der Waals surface area (Å²) in [6, 6.07) is 0. The Morgan fingerprint density at radius 1 is 1.56 bits per heavy atom. The predicted octanol–water partition coefficient (Wildman–Crippen LogP) is 2.34. The molecule has 1 saturated carbocycles. The van der Waals surface area contributed by atoms with E-state index in [9.17, 15) is 5.11 Å². The molecule has 3 aliphatic rings. The highest BCUT2D eigenvalue weighted by molar-refractivity contribution is 5.37. The Balaban J connectivity index is 2.30. The van der Waals surface area contributed by atoms with Crippen molar-refractivity contribution in [2.75, 3.05) is 6.61 Å². The summed E-state index contributed by atoms with van der Waals surface area (Å²) in [5.41, 5.74) is 0.437. The molecule has 0 saturated heterocycles. The normalized spacial score (nSPS) is 38.9. The fourth-order valence-electron chi connectivity index (χ4n) is 3.31. The Kier molecular flexibility index (Phi) is 2.55. The maximum atomic E-state index is 10.6. The molecule has 0 aromatic carbocycles. The summed E-state index contributed by atoms with van der Waals surface area (Å²) in [6.07, 6.45) is 5.58. The van der Waals surface area contributed by atoms with Crippen LogP contribution in [0.2, 0.25) is 0 Å². The van der Waals surface area contributed by atoms with Crippen LogP contribution in [0.25, 0.3) is 0 Å². The molecule has 3 atom stereocenters. The second-order valence-corrected chi connectivity index (χ2v) is 5.54. The third kappa shape index (κ3) is 1.46. The first-order valence-electron chi connectivity index (χ1n) is 5.97. The molecule has 1 fully saturated rings. The fraction of sp³-hybridized carbons (Fsp3) is 0.714. The van der Waals surface area contributed by atoms with Crippen molar-refractivity contribution < 1.29 is 9.84 Å². The van der Waals surface area contributed by atoms with Gasteiger partial charge in [0.1, 0.15) is 6.11 Å². The van der Waals surface area contributed by atoms with E-state index in [0.29, 0.717) is 12.5 Å². The van der Waals surface area contributed by atoms with E-state index in [1.165, 1.54) is 5.57 Å². The molecule has 1 N–H and O–H groups in total. The average Bonchev–Trinajstić information content (AvgIpc) is 2.15. The van der Waals surface area contributed by atoms with Gasteiger partial charge in [-0.05, 0) is 43.6 Å². The van der Waals surface area contributed by atoms with Crippen LogP contribution in [0.15, 0.2) is 11.6 Å². The standard InChI is InChI=1S/C14H20O2/c1-5-16-7-6-14(15)9-10(2)11-8-12(14)13(11,3)4/h9,11-12,15H,5,8H2,1-4H3/t11-,12-,14?/m1/s1. The Bertz CT molecular complexity index is 383. The van der Waals surface area contributed by atoms with Crippen LogP contribution in [0, 0.1) is 29.3 Å². The maximum Gasteiger partial charge on any atom is 0.151 e. The summed E-state index contributed by atoms with van der Waals surface area (Å²) in [4.78, 5) is 0. The van der Waals surface area contributed by atoms with Crippen molar-refractivity contribution in [2.45, 2.75) is 39.7 Å². The van der Waals surface area contributed by atoms with Crippen molar-refractivity contribution in [2.24, 2.45) is 17.3 Å². The summed E-state index contributed by atoms with van der Waals surface area (Å²) in [7, 11) is 0. The predicted molar refractivity (Wildman–Crippen MR) is 63.5 cm³/mol. The molecule has 2 heteroatoms. The molecule has 0 aromatic heterocycles. The Morgan fingerprint density at radius 2 is 2.25 bits per heavy atom. The van der Waals surface area contributed by atoms with Crippen LogP contribution in [-0.4, -0.2) is 17.3 Å². The first-order chi connectivity index (χ1) is 7.42. The molecule has 0 aliphatic heterocycles. The molecule has 88 valence electrons. The third-order valence-electron chi connectivity index (χ3n) is 4.26. The van der Waals surface area contributed by atoms with Gasteiger partial charge in [0.05, 0.1) is 6.61 Å². The molecule has 0 spiro atoms. The van der Waals surface area contributed by atoms with Crippen molar-refractivity contribution in [1.82, 2.24) is 0 Å². The van der Waals surface area contributed by atoms with E-state index in [1.807, 2.05) is 13.0 Å². The highest BCUT2D eigenvalue weighted by Gasteiger charge is 2.59. The minimum Gasteiger partial charge on any atom is -0.447 e. The molecule has 0 heterocycles. The Morgan fingerprint density at radius 3 is 2.75 bits per heavy atom. The smallest absolute Gasteiger partial charge is 0.151 e. The first kappa shape index (κ1) is 11.5. The molecule has 0 aromatic rings. The van der Waals surface area contributed by atoms with E-state index >= 15 is 0 Å². The van der Waals surface area contributed by atoms with Gasteiger partial charge in [-0.15, -0.1) is 0 Å². The molecule has 0 amide bonds. The van der Waals surface area contributed by atoms with Gasteiger partial charge in [-0.2, -0.15) is 0 Å². The zero-order valence-electron chi connectivity index (χ0n) is 10.5. The lowest BCUT2D eigenvalue weighted by Crippen LogP contribution is -2.59. The number of hydrogen-bond donors (Lipinski definition) is 1. The number of fused-ring (bicyclic) bond motifs is 1. The lowest BCUT2D eigenvalue weighted by Gasteiger charge is -2.60. The highest BCUT2D eigenvalue weighted by Crippen LogP contribution is 2.62. The summed E-state index contributed by atoms with van der Waals surface area (Å²) < 4.78 is 5.02. The van der Waals surface area contributed by atoms with Crippen LogP contribution < -0.4 is 0 Å². The number of aliphatic hydroxyl groups is 1. The van der Waals surface area contributed by atoms with Crippen LogP contribution in [0.5, 0.6) is 0 Å². The van der Waals surface area contributed by atoms with E-state index in [-0.39, 0.29) is 11.3 Å². The molecule has 0 radical (unpaired) electrons. The molecular weight excluding hydrogens is 200 g/mol. The van der Waals surface area contributed by atoms with Gasteiger partial charge in [0.2, 0.25) is 0 Å². The Labute approximate surface area is 97.7 Å². The largest absolute Gasteiger partial charge is 0.447 e. The van der Waals surface area contributed by atoms with Crippen molar-refractivity contribution in [3.8, 4) is 12.0 Å². The van der Waals surface area contributed by atoms with E-state index < -0.39 is 5.60 Å². The van der Waals surface area contributed by atoms with Gasteiger partial charge in [0.25, 0.3) is 0 Å². The molecular formula is C14H20O2. The molecule has 16 heavy (non-hydrogen) atoms. The lowest BCUT2D eigenvalue weighted by atomic mass is 9.45. The fourth-order valence-corrected chi connectivity index (χ4v) is 3.31. The second kappa shape index (κ2) is 3.53. The van der Waals surface area contributed by atoms with Gasteiger partial charge in [-0.1, -0.05) is 19.4 Å². The molecule has 1 unspecified atom stereocenters. The molecule has 2 bridgehead atoms. The zero-order valence-corrected chi connectivity index (χ0v) is 10.5. The van der Waals surface area contributed by atoms with Gasteiger partial charge < -0.3 is 9.84 Å². The lowest BCUT2D eigenvalue weighted by molar-refractivity contribution is -0.108. The SMILES string of the molecule is CCOC#CC1(O)C=C(C)[C@H]2C[C@@H]1C2(C)C. The zero-order chi connectivity index (χ0) is 12.0. The van der Waals surface area contributed by atoms with E-state index in [1.54, 1.807) is 0 Å². The number of hydrogen-bond acceptors (Lipinski definition) is 2.